The molecular weight excluding hydrogens is 817 g/mol. The molecule has 0 atom stereocenters. The van der Waals surface area contributed by atoms with Gasteiger partial charge in [-0.1, -0.05) is 224 Å². The molecule has 0 fully saturated rings. The van der Waals surface area contributed by atoms with Crippen molar-refractivity contribution in [2.24, 2.45) is 0 Å². The normalized spacial score (nSPS) is 12.7. The van der Waals surface area contributed by atoms with Crippen LogP contribution in [0.5, 0.6) is 0 Å². The highest BCUT2D eigenvalue weighted by molar-refractivity contribution is 7.26. The number of hydrogen-bond donors (Lipinski definition) is 0. The Kier molecular flexibility index (Phi) is 8.97. The lowest BCUT2D eigenvalue weighted by Crippen LogP contribution is -2.29. The minimum Gasteiger partial charge on any atom is -0.228 e. The van der Waals surface area contributed by atoms with Crippen LogP contribution in [0.25, 0.3) is 98.2 Å². The smallest absolute Gasteiger partial charge is 0.160 e. The molecule has 0 saturated heterocycles. The Balaban J connectivity index is 0.984. The Bertz CT molecular complexity index is 3780. The summed E-state index contributed by atoms with van der Waals surface area (Å²) in [6, 6.07) is 88.3. The topological polar surface area (TPSA) is 25.8 Å². The van der Waals surface area contributed by atoms with Gasteiger partial charge in [-0.25, -0.2) is 9.97 Å². The highest BCUT2D eigenvalue weighted by atomic mass is 32.1. The number of hydrogen-bond acceptors (Lipinski definition) is 3. The molecule has 2 heterocycles. The molecule has 0 spiro atoms. The molecule has 2 nitrogen and oxygen atoms in total. The van der Waals surface area contributed by atoms with Gasteiger partial charge in [-0.15, -0.1) is 11.3 Å². The van der Waals surface area contributed by atoms with Crippen LogP contribution in [-0.2, 0) is 5.41 Å². The van der Waals surface area contributed by atoms with E-state index in [2.05, 4.69) is 237 Å². The zero-order valence-corrected chi connectivity index (χ0v) is 36.7. The fourth-order valence-corrected chi connectivity index (χ4v) is 12.0. The maximum absolute atomic E-state index is 5.33. The molecule has 0 radical (unpaired) electrons. The van der Waals surface area contributed by atoms with Crippen molar-refractivity contribution in [1.82, 2.24) is 9.97 Å². The van der Waals surface area contributed by atoms with Gasteiger partial charge >= 0.3 is 0 Å². The number of fused-ring (bicyclic) bond motifs is 7. The molecular formula is C63H40N2S. The highest BCUT2D eigenvalue weighted by Gasteiger charge is 2.47. The zero-order valence-electron chi connectivity index (χ0n) is 35.9. The molecule has 0 saturated carbocycles. The number of benzene rings is 10. The molecule has 0 amide bonds. The van der Waals surface area contributed by atoms with Gasteiger partial charge in [0.1, 0.15) is 0 Å². The molecule has 0 unspecified atom stereocenters. The molecule has 66 heavy (non-hydrogen) atoms. The van der Waals surface area contributed by atoms with Crippen LogP contribution in [0.1, 0.15) is 22.3 Å². The minimum absolute atomic E-state index is 0.507. The summed E-state index contributed by atoms with van der Waals surface area (Å²) in [7, 11) is 0. The Labute approximate surface area is 387 Å². The Morgan fingerprint density at radius 1 is 0.318 bits per heavy atom. The van der Waals surface area contributed by atoms with Crippen molar-refractivity contribution in [3.8, 4) is 67.3 Å². The van der Waals surface area contributed by atoms with E-state index in [0.29, 0.717) is 5.82 Å². The third-order valence-corrected chi connectivity index (χ3v) is 14.8. The summed E-state index contributed by atoms with van der Waals surface area (Å²) >= 11 is 1.83. The molecule has 3 heteroatoms. The molecule has 1 aliphatic rings. The van der Waals surface area contributed by atoms with Crippen molar-refractivity contribution in [2.45, 2.75) is 5.41 Å². The summed E-state index contributed by atoms with van der Waals surface area (Å²) in [5, 5.41) is 4.85. The number of rotatable bonds is 7. The molecule has 0 bridgehead atoms. The Morgan fingerprint density at radius 2 is 0.818 bits per heavy atom. The molecule has 308 valence electrons. The van der Waals surface area contributed by atoms with Crippen molar-refractivity contribution in [1.29, 1.82) is 0 Å². The number of nitrogens with zero attached hydrogens (tertiary/aromatic N) is 2. The third-order valence-electron chi connectivity index (χ3n) is 13.6. The van der Waals surface area contributed by atoms with Crippen molar-refractivity contribution < 1.29 is 0 Å². The number of aromatic nitrogens is 2. The second-order valence-corrected chi connectivity index (χ2v) is 18.2. The monoisotopic (exact) mass is 856 g/mol. The van der Waals surface area contributed by atoms with E-state index in [1.54, 1.807) is 0 Å². The molecule has 10 aromatic carbocycles. The van der Waals surface area contributed by atoms with Crippen LogP contribution in [-0.4, -0.2) is 9.97 Å². The standard InChI is InChI=1S/C63H40N2S/c1-4-19-41(20-5-1)62-64-57(40-58(65-62)55-34-18-33-54-52-30-13-15-36-59(52)66-61(54)55)51-38-37-46(48-27-10-11-28-49(48)51)42-21-16-22-43(39-42)47-31-17-32-53-50-29-12-14-35-56(50)63(60(47)53,44-23-6-2-7-24-44)45-25-8-3-9-26-45/h1-40H. The van der Waals surface area contributed by atoms with Crippen LogP contribution >= 0.6 is 11.3 Å². The largest absolute Gasteiger partial charge is 0.228 e. The van der Waals surface area contributed by atoms with E-state index >= 15 is 0 Å². The van der Waals surface area contributed by atoms with E-state index in [4.69, 9.17) is 9.97 Å². The molecule has 2 aromatic heterocycles. The molecule has 13 rings (SSSR count). The molecule has 0 aliphatic heterocycles. The van der Waals surface area contributed by atoms with Gasteiger partial charge in [0.2, 0.25) is 0 Å². The van der Waals surface area contributed by atoms with Gasteiger partial charge in [0.05, 0.1) is 16.8 Å². The van der Waals surface area contributed by atoms with Crippen molar-refractivity contribution >= 4 is 42.3 Å². The van der Waals surface area contributed by atoms with E-state index in [1.165, 1.54) is 75.6 Å². The van der Waals surface area contributed by atoms with Gasteiger partial charge in [-0.3, -0.25) is 0 Å². The fraction of sp³-hybridized carbons (Fsp3) is 0.0159. The predicted molar refractivity (Wildman–Crippen MR) is 277 cm³/mol. The van der Waals surface area contributed by atoms with E-state index in [0.717, 1.165) is 39.0 Å². The molecule has 12 aromatic rings. The lowest BCUT2D eigenvalue weighted by Gasteiger charge is -2.35. The van der Waals surface area contributed by atoms with E-state index in [-0.39, 0.29) is 0 Å². The summed E-state index contributed by atoms with van der Waals surface area (Å²) < 4.78 is 2.51. The van der Waals surface area contributed by atoms with Gasteiger partial charge in [0.25, 0.3) is 0 Å². The van der Waals surface area contributed by atoms with Gasteiger partial charge in [0.15, 0.2) is 5.82 Å². The summed E-state index contributed by atoms with van der Waals surface area (Å²) in [5.74, 6) is 0.710. The van der Waals surface area contributed by atoms with Crippen LogP contribution in [0.4, 0.5) is 0 Å². The maximum Gasteiger partial charge on any atom is 0.160 e. The average molecular weight is 857 g/mol. The van der Waals surface area contributed by atoms with Crippen LogP contribution in [0.3, 0.4) is 0 Å². The van der Waals surface area contributed by atoms with Crippen molar-refractivity contribution in [2.75, 3.05) is 0 Å². The first kappa shape index (κ1) is 38.2. The van der Waals surface area contributed by atoms with Crippen LogP contribution < -0.4 is 0 Å². The third kappa shape index (κ3) is 5.94. The van der Waals surface area contributed by atoms with E-state index in [1.807, 2.05) is 17.4 Å². The van der Waals surface area contributed by atoms with Gasteiger partial charge in [-0.05, 0) is 84.6 Å². The lowest BCUT2D eigenvalue weighted by atomic mass is 9.66. The summed E-state index contributed by atoms with van der Waals surface area (Å²) in [4.78, 5) is 10.6. The SMILES string of the molecule is c1ccc(-c2nc(-c3ccc(-c4cccc(-c5cccc6c5C(c5ccccc5)(c5ccccc5)c5ccccc5-6)c4)c4ccccc34)cc(-c3cccc4c3sc3ccccc34)n2)cc1. The van der Waals surface area contributed by atoms with E-state index < -0.39 is 5.41 Å². The maximum atomic E-state index is 5.33. The van der Waals surface area contributed by atoms with E-state index in [9.17, 15) is 0 Å². The lowest BCUT2D eigenvalue weighted by molar-refractivity contribution is 0.770. The Hall–Kier alpha value is -8.24. The summed E-state index contributed by atoms with van der Waals surface area (Å²) in [6.07, 6.45) is 0. The first-order valence-corrected chi connectivity index (χ1v) is 23.4. The van der Waals surface area contributed by atoms with Crippen molar-refractivity contribution in [3.63, 3.8) is 0 Å². The summed E-state index contributed by atoms with van der Waals surface area (Å²) in [5.41, 5.74) is 16.9. The average Bonchev–Trinajstić information content (AvgIpc) is 3.93. The van der Waals surface area contributed by atoms with Gasteiger partial charge < -0.3 is 0 Å². The second kappa shape index (κ2) is 15.5. The van der Waals surface area contributed by atoms with Gasteiger partial charge in [0, 0.05) is 36.9 Å². The minimum atomic E-state index is -0.507. The van der Waals surface area contributed by atoms with Crippen molar-refractivity contribution in [3.05, 3.63) is 265 Å². The highest BCUT2D eigenvalue weighted by Crippen LogP contribution is 2.58. The van der Waals surface area contributed by atoms with Crippen LogP contribution in [0.15, 0.2) is 243 Å². The number of thiophene rings is 1. The first-order valence-electron chi connectivity index (χ1n) is 22.6. The van der Waals surface area contributed by atoms with Gasteiger partial charge in [-0.2, -0.15) is 0 Å². The predicted octanol–water partition coefficient (Wildman–Crippen LogP) is 16.7. The second-order valence-electron chi connectivity index (χ2n) is 17.2. The van der Waals surface area contributed by atoms with Crippen LogP contribution in [0.2, 0.25) is 0 Å². The molecule has 0 N–H and O–H groups in total. The first-order chi connectivity index (χ1) is 32.7. The Morgan fingerprint density at radius 3 is 1.58 bits per heavy atom. The van der Waals surface area contributed by atoms with Crippen LogP contribution in [0, 0.1) is 0 Å². The fourth-order valence-electron chi connectivity index (χ4n) is 10.8. The molecule has 1 aliphatic carbocycles. The zero-order chi connectivity index (χ0) is 43.6. The quantitative estimate of drug-likeness (QED) is 0.160. The summed E-state index contributed by atoms with van der Waals surface area (Å²) in [6.45, 7) is 0.